The number of hydrogen-bond acceptors (Lipinski definition) is 2. The lowest BCUT2D eigenvalue weighted by Crippen LogP contribution is -2.10. The van der Waals surface area contributed by atoms with Gasteiger partial charge in [0.2, 0.25) is 0 Å². The minimum Gasteiger partial charge on any atom is -0.464 e. The van der Waals surface area contributed by atoms with Gasteiger partial charge in [0.05, 0.1) is 5.92 Å². The van der Waals surface area contributed by atoms with Crippen molar-refractivity contribution in [1.29, 1.82) is 0 Å². The van der Waals surface area contributed by atoms with E-state index in [0.29, 0.717) is 6.61 Å². The Morgan fingerprint density at radius 1 is 1.31 bits per heavy atom. The number of carbonyl (C=O) groups excluding carboxylic acids is 1. The van der Waals surface area contributed by atoms with E-state index in [9.17, 15) is 4.79 Å². The highest BCUT2D eigenvalue weighted by molar-refractivity contribution is 5.82. The van der Waals surface area contributed by atoms with Gasteiger partial charge in [-0.2, -0.15) is 0 Å². The molecule has 2 aliphatic rings. The first kappa shape index (κ1) is 7.13. The number of rotatable bonds is 1. The molecule has 1 saturated carbocycles. The summed E-state index contributed by atoms with van der Waals surface area (Å²) in [6.45, 7) is 0.584. The maximum absolute atomic E-state index is 11.2. The number of fused-ring (bicyclic) bond motifs is 1. The SMILES string of the molecule is O=C1OC[C@@]2(c3ccccc3)C[C@H]12. The second-order valence-corrected chi connectivity index (χ2v) is 3.89. The number of cyclic esters (lactones) is 1. The van der Waals surface area contributed by atoms with Crippen LogP contribution >= 0.6 is 0 Å². The van der Waals surface area contributed by atoms with Crippen LogP contribution in [-0.4, -0.2) is 12.6 Å². The van der Waals surface area contributed by atoms with Crippen molar-refractivity contribution in [2.24, 2.45) is 5.92 Å². The van der Waals surface area contributed by atoms with E-state index < -0.39 is 0 Å². The van der Waals surface area contributed by atoms with Crippen LogP contribution in [0.15, 0.2) is 30.3 Å². The molecule has 2 heteroatoms. The van der Waals surface area contributed by atoms with E-state index in [1.807, 2.05) is 18.2 Å². The third kappa shape index (κ3) is 0.804. The summed E-state index contributed by atoms with van der Waals surface area (Å²) in [7, 11) is 0. The molecule has 2 fully saturated rings. The van der Waals surface area contributed by atoms with Crippen molar-refractivity contribution in [3.05, 3.63) is 35.9 Å². The minimum atomic E-state index is -0.0103. The summed E-state index contributed by atoms with van der Waals surface area (Å²) in [6.07, 6.45) is 0.982. The Morgan fingerprint density at radius 2 is 2.08 bits per heavy atom. The van der Waals surface area contributed by atoms with Crippen molar-refractivity contribution in [2.75, 3.05) is 6.61 Å². The Kier molecular flexibility index (Phi) is 1.17. The summed E-state index contributed by atoms with van der Waals surface area (Å²) in [6, 6.07) is 10.2. The maximum Gasteiger partial charge on any atom is 0.310 e. The molecule has 1 aromatic rings. The zero-order valence-electron chi connectivity index (χ0n) is 7.19. The zero-order chi connectivity index (χ0) is 8.89. The molecule has 0 amide bonds. The maximum atomic E-state index is 11.2. The highest BCUT2D eigenvalue weighted by Crippen LogP contribution is 2.58. The van der Waals surface area contributed by atoms with E-state index in [4.69, 9.17) is 4.74 Å². The Labute approximate surface area is 76.5 Å². The van der Waals surface area contributed by atoms with Gasteiger partial charge in [-0.15, -0.1) is 0 Å². The van der Waals surface area contributed by atoms with Gasteiger partial charge in [-0.3, -0.25) is 4.79 Å². The Balaban J connectivity index is 2.01. The first-order valence-corrected chi connectivity index (χ1v) is 4.55. The molecule has 13 heavy (non-hydrogen) atoms. The van der Waals surface area contributed by atoms with Crippen LogP contribution in [0, 0.1) is 5.92 Å². The lowest BCUT2D eigenvalue weighted by atomic mass is 9.96. The summed E-state index contributed by atoms with van der Waals surface area (Å²) in [5.41, 5.74) is 1.31. The van der Waals surface area contributed by atoms with Crippen molar-refractivity contribution >= 4 is 5.97 Å². The third-order valence-electron chi connectivity index (χ3n) is 3.18. The van der Waals surface area contributed by atoms with Gasteiger partial charge in [-0.25, -0.2) is 0 Å². The highest BCUT2D eigenvalue weighted by atomic mass is 16.5. The Bertz CT molecular complexity index is 358. The second kappa shape index (κ2) is 2.13. The molecule has 1 aliphatic heterocycles. The normalized spacial score (nSPS) is 35.4. The molecular formula is C11H10O2. The van der Waals surface area contributed by atoms with Gasteiger partial charge < -0.3 is 4.74 Å². The van der Waals surface area contributed by atoms with E-state index >= 15 is 0 Å². The van der Waals surface area contributed by atoms with Crippen LogP contribution in [0.25, 0.3) is 0 Å². The molecule has 2 nitrogen and oxygen atoms in total. The summed E-state index contributed by atoms with van der Waals surface area (Å²) >= 11 is 0. The van der Waals surface area contributed by atoms with Crippen molar-refractivity contribution in [2.45, 2.75) is 11.8 Å². The number of benzene rings is 1. The summed E-state index contributed by atoms with van der Waals surface area (Å²) < 4.78 is 5.03. The second-order valence-electron chi connectivity index (χ2n) is 3.89. The van der Waals surface area contributed by atoms with Crippen molar-refractivity contribution in [3.63, 3.8) is 0 Å². The molecule has 1 saturated heterocycles. The van der Waals surface area contributed by atoms with Crippen LogP contribution < -0.4 is 0 Å². The molecule has 1 aliphatic carbocycles. The molecule has 0 unspecified atom stereocenters. The van der Waals surface area contributed by atoms with Crippen LogP contribution in [0.5, 0.6) is 0 Å². The lowest BCUT2D eigenvalue weighted by Gasteiger charge is -2.09. The molecule has 0 radical (unpaired) electrons. The van der Waals surface area contributed by atoms with Crippen LogP contribution in [0.2, 0.25) is 0 Å². The topological polar surface area (TPSA) is 26.3 Å². The van der Waals surface area contributed by atoms with Gasteiger partial charge in [0.25, 0.3) is 0 Å². The van der Waals surface area contributed by atoms with Crippen molar-refractivity contribution < 1.29 is 9.53 Å². The Hall–Kier alpha value is -1.31. The number of hydrogen-bond donors (Lipinski definition) is 0. The summed E-state index contributed by atoms with van der Waals surface area (Å²) in [4.78, 5) is 11.2. The highest BCUT2D eigenvalue weighted by Gasteiger charge is 2.65. The standard InChI is InChI=1S/C11H10O2/c12-10-9-6-11(9,7-13-10)8-4-2-1-3-5-8/h1-5,9H,6-7H2/t9-,11-/m1/s1. The average Bonchev–Trinajstić information content (AvgIpc) is 2.85. The van der Waals surface area contributed by atoms with Gasteiger partial charge in [0.1, 0.15) is 6.61 Å². The number of carbonyl (C=O) groups is 1. The summed E-state index contributed by atoms with van der Waals surface area (Å²) in [5, 5.41) is 0. The third-order valence-corrected chi connectivity index (χ3v) is 3.18. The monoisotopic (exact) mass is 174 g/mol. The first-order valence-electron chi connectivity index (χ1n) is 4.55. The van der Waals surface area contributed by atoms with Crippen LogP contribution in [0.1, 0.15) is 12.0 Å². The molecule has 0 spiro atoms. The molecular weight excluding hydrogens is 164 g/mol. The summed E-state index contributed by atoms with van der Waals surface area (Å²) in [5.74, 6) is 0.138. The zero-order valence-corrected chi connectivity index (χ0v) is 7.19. The van der Waals surface area contributed by atoms with Gasteiger partial charge in [0.15, 0.2) is 0 Å². The fourth-order valence-corrected chi connectivity index (χ4v) is 2.25. The molecule has 0 aromatic heterocycles. The number of esters is 1. The number of ether oxygens (including phenoxy) is 1. The van der Waals surface area contributed by atoms with E-state index in [2.05, 4.69) is 12.1 Å². The van der Waals surface area contributed by atoms with Crippen LogP contribution in [0.4, 0.5) is 0 Å². The predicted molar refractivity (Wildman–Crippen MR) is 47.2 cm³/mol. The van der Waals surface area contributed by atoms with Crippen LogP contribution in [-0.2, 0) is 14.9 Å². The molecule has 2 atom stereocenters. The van der Waals surface area contributed by atoms with Gasteiger partial charge in [-0.1, -0.05) is 30.3 Å². The molecule has 66 valence electrons. The van der Waals surface area contributed by atoms with Crippen LogP contribution in [0.3, 0.4) is 0 Å². The predicted octanol–water partition coefficient (Wildman–Crippen LogP) is 1.50. The Morgan fingerprint density at radius 3 is 2.62 bits per heavy atom. The molecule has 1 aromatic carbocycles. The van der Waals surface area contributed by atoms with Crippen molar-refractivity contribution in [1.82, 2.24) is 0 Å². The fourth-order valence-electron chi connectivity index (χ4n) is 2.25. The molecule has 1 heterocycles. The van der Waals surface area contributed by atoms with Crippen molar-refractivity contribution in [3.8, 4) is 0 Å². The lowest BCUT2D eigenvalue weighted by molar-refractivity contribution is -0.140. The average molecular weight is 174 g/mol. The van der Waals surface area contributed by atoms with E-state index in [1.54, 1.807) is 0 Å². The van der Waals surface area contributed by atoms with E-state index in [1.165, 1.54) is 5.56 Å². The van der Waals surface area contributed by atoms with Gasteiger partial charge in [-0.05, 0) is 12.0 Å². The largest absolute Gasteiger partial charge is 0.464 e. The molecule has 0 N–H and O–H groups in total. The molecule has 3 rings (SSSR count). The van der Waals surface area contributed by atoms with Gasteiger partial charge >= 0.3 is 5.97 Å². The van der Waals surface area contributed by atoms with Gasteiger partial charge in [0, 0.05) is 5.41 Å². The molecule has 0 bridgehead atoms. The van der Waals surface area contributed by atoms with E-state index in [0.717, 1.165) is 6.42 Å². The quantitative estimate of drug-likeness (QED) is 0.603. The minimum absolute atomic E-state index is 0.0103. The first-order chi connectivity index (χ1) is 6.33. The fraction of sp³-hybridized carbons (Fsp3) is 0.364. The smallest absolute Gasteiger partial charge is 0.310 e. The van der Waals surface area contributed by atoms with E-state index in [-0.39, 0.29) is 17.3 Å².